The molecular weight excluding hydrogens is 264 g/mol. The lowest BCUT2D eigenvalue weighted by Crippen LogP contribution is -2.22. The first kappa shape index (κ1) is 18.0. The van der Waals surface area contributed by atoms with E-state index in [2.05, 4.69) is 69.5 Å². The van der Waals surface area contributed by atoms with Crippen molar-refractivity contribution in [3.05, 3.63) is 76.7 Å². The molecule has 0 bridgehead atoms. The second-order valence-electron chi connectivity index (χ2n) is 5.59. The fraction of sp³-hybridized carbons (Fsp3) is 0.318. The fourth-order valence-electron chi connectivity index (χ4n) is 2.33. The highest BCUT2D eigenvalue weighted by Gasteiger charge is 2.03. The van der Waals surface area contributed by atoms with E-state index in [9.17, 15) is 0 Å². The van der Waals surface area contributed by atoms with Gasteiger partial charge in [-0.15, -0.1) is 12.3 Å². The Morgan fingerprint density at radius 3 is 2.68 bits per heavy atom. The van der Waals surface area contributed by atoms with Crippen LogP contribution in [-0.2, 0) is 0 Å². The Kier molecular flexibility index (Phi) is 8.04. The third-order valence-corrected chi connectivity index (χ3v) is 3.67. The van der Waals surface area contributed by atoms with Crippen LogP contribution in [0.5, 0.6) is 0 Å². The molecular formula is C22H28. The van der Waals surface area contributed by atoms with Crippen LogP contribution in [0.1, 0.15) is 40.5 Å². The Bertz CT molecular complexity index is 692. The normalized spacial score (nSPS) is 14.5. The van der Waals surface area contributed by atoms with Gasteiger partial charge in [0.05, 0.1) is 0 Å². The molecule has 22 heavy (non-hydrogen) atoms. The molecule has 0 heteroatoms. The number of allylic oxidation sites excluding steroid dienone is 6. The van der Waals surface area contributed by atoms with Crippen LogP contribution in [-0.4, -0.2) is 0 Å². The van der Waals surface area contributed by atoms with E-state index in [-0.39, 0.29) is 0 Å². The van der Waals surface area contributed by atoms with Crippen LogP contribution in [0.15, 0.2) is 66.3 Å². The molecule has 1 aromatic rings. The lowest BCUT2D eigenvalue weighted by atomic mass is 9.95. The number of hydrogen-bond donors (Lipinski definition) is 0. The third kappa shape index (κ3) is 5.76. The van der Waals surface area contributed by atoms with E-state index < -0.39 is 0 Å². The van der Waals surface area contributed by atoms with Gasteiger partial charge in [0.15, 0.2) is 0 Å². The monoisotopic (exact) mass is 292 g/mol. The van der Waals surface area contributed by atoms with E-state index >= 15 is 0 Å². The summed E-state index contributed by atoms with van der Waals surface area (Å²) in [7, 11) is 0. The molecule has 1 unspecified atom stereocenters. The fourth-order valence-corrected chi connectivity index (χ4v) is 2.33. The van der Waals surface area contributed by atoms with Gasteiger partial charge in [-0.3, -0.25) is 0 Å². The molecule has 1 rings (SSSR count). The molecule has 0 saturated heterocycles. The molecule has 0 nitrogen and oxygen atoms in total. The molecule has 0 aliphatic carbocycles. The van der Waals surface area contributed by atoms with Gasteiger partial charge in [0.2, 0.25) is 0 Å². The van der Waals surface area contributed by atoms with Crippen molar-refractivity contribution in [1.29, 1.82) is 0 Å². The second kappa shape index (κ2) is 9.82. The SMILES string of the molecule is C=CC(C)CC(=C\CC)/C(C)=C/C=c1/ccccc1=C=CC. The molecule has 1 aromatic carbocycles. The summed E-state index contributed by atoms with van der Waals surface area (Å²) in [5, 5.41) is 2.34. The molecule has 0 amide bonds. The summed E-state index contributed by atoms with van der Waals surface area (Å²) < 4.78 is 0. The van der Waals surface area contributed by atoms with Crippen LogP contribution < -0.4 is 10.4 Å². The average molecular weight is 292 g/mol. The second-order valence-corrected chi connectivity index (χ2v) is 5.59. The van der Waals surface area contributed by atoms with Gasteiger partial charge in [-0.1, -0.05) is 56.4 Å². The number of benzene rings is 1. The highest BCUT2D eigenvalue weighted by atomic mass is 14.1. The van der Waals surface area contributed by atoms with Gasteiger partial charge < -0.3 is 0 Å². The van der Waals surface area contributed by atoms with E-state index in [1.165, 1.54) is 16.4 Å². The molecule has 1 atom stereocenters. The maximum absolute atomic E-state index is 3.89. The Morgan fingerprint density at radius 1 is 1.32 bits per heavy atom. The van der Waals surface area contributed by atoms with E-state index in [1.54, 1.807) is 0 Å². The molecule has 0 aliphatic heterocycles. The van der Waals surface area contributed by atoms with Crippen LogP contribution in [0.2, 0.25) is 0 Å². The molecule has 0 radical (unpaired) electrons. The van der Waals surface area contributed by atoms with Crippen molar-refractivity contribution < 1.29 is 0 Å². The first-order chi connectivity index (χ1) is 10.6. The Morgan fingerprint density at radius 2 is 2.05 bits per heavy atom. The average Bonchev–Trinajstić information content (AvgIpc) is 2.53. The van der Waals surface area contributed by atoms with Gasteiger partial charge in [-0.05, 0) is 61.1 Å². The van der Waals surface area contributed by atoms with Gasteiger partial charge in [-0.25, -0.2) is 0 Å². The van der Waals surface area contributed by atoms with Crippen LogP contribution in [0.25, 0.3) is 11.8 Å². The molecule has 0 spiro atoms. The first-order valence-electron chi connectivity index (χ1n) is 8.09. The summed E-state index contributed by atoms with van der Waals surface area (Å²) in [4.78, 5) is 0. The topological polar surface area (TPSA) is 0 Å². The summed E-state index contributed by atoms with van der Waals surface area (Å²) in [5.41, 5.74) is 6.02. The highest BCUT2D eigenvalue weighted by Crippen LogP contribution is 2.20. The van der Waals surface area contributed by atoms with Crippen molar-refractivity contribution in [1.82, 2.24) is 0 Å². The zero-order chi connectivity index (χ0) is 16.4. The Balaban J connectivity index is 3.21. The minimum Gasteiger partial charge on any atom is -0.117 e. The molecule has 0 fully saturated rings. The zero-order valence-electron chi connectivity index (χ0n) is 14.4. The molecule has 0 heterocycles. The zero-order valence-corrected chi connectivity index (χ0v) is 14.4. The quantitative estimate of drug-likeness (QED) is 0.516. The van der Waals surface area contributed by atoms with Crippen molar-refractivity contribution in [3.63, 3.8) is 0 Å². The molecule has 0 aromatic heterocycles. The Labute approximate surface area is 135 Å². The van der Waals surface area contributed by atoms with Gasteiger partial charge >= 0.3 is 0 Å². The van der Waals surface area contributed by atoms with Crippen LogP contribution in [0.4, 0.5) is 0 Å². The number of rotatable bonds is 6. The molecule has 0 saturated carbocycles. The van der Waals surface area contributed by atoms with Gasteiger partial charge in [0.25, 0.3) is 0 Å². The maximum atomic E-state index is 3.89. The molecule has 0 N–H and O–H groups in total. The summed E-state index contributed by atoms with van der Waals surface area (Å²) in [6.45, 7) is 12.5. The summed E-state index contributed by atoms with van der Waals surface area (Å²) >= 11 is 0. The predicted octanol–water partition coefficient (Wildman–Crippen LogP) is 4.92. The van der Waals surface area contributed by atoms with Gasteiger partial charge in [0, 0.05) is 5.22 Å². The number of hydrogen-bond acceptors (Lipinski definition) is 0. The summed E-state index contributed by atoms with van der Waals surface area (Å²) in [5.74, 6) is 0.504. The summed E-state index contributed by atoms with van der Waals surface area (Å²) in [6.07, 6.45) is 12.8. The lowest BCUT2D eigenvalue weighted by molar-refractivity contribution is 0.720. The predicted molar refractivity (Wildman–Crippen MR) is 99.9 cm³/mol. The van der Waals surface area contributed by atoms with E-state index in [0.29, 0.717) is 5.92 Å². The standard InChI is InChI=1S/C22H28/c1-6-11-20-13-9-10-14-21(20)16-15-19(5)22(12-7-2)17-18(4)8-3/h6,8-10,12-16,18H,3,7,17H2,1-2,4-5H3/b19-15+,21-16-,22-12+. The van der Waals surface area contributed by atoms with Crippen LogP contribution >= 0.6 is 0 Å². The van der Waals surface area contributed by atoms with Crippen LogP contribution in [0.3, 0.4) is 0 Å². The van der Waals surface area contributed by atoms with Crippen molar-refractivity contribution in [2.24, 2.45) is 5.92 Å². The van der Waals surface area contributed by atoms with E-state index in [1.807, 2.05) is 25.1 Å². The smallest absolute Gasteiger partial charge is 0.0233 e. The highest BCUT2D eigenvalue weighted by molar-refractivity contribution is 5.46. The van der Waals surface area contributed by atoms with Crippen molar-refractivity contribution in [2.75, 3.05) is 0 Å². The van der Waals surface area contributed by atoms with E-state index in [0.717, 1.165) is 18.1 Å². The molecule has 116 valence electrons. The Hall–Kier alpha value is -2.04. The third-order valence-electron chi connectivity index (χ3n) is 3.67. The lowest BCUT2D eigenvalue weighted by Gasteiger charge is -2.11. The first-order valence-corrected chi connectivity index (χ1v) is 8.09. The van der Waals surface area contributed by atoms with Gasteiger partial charge in [0.1, 0.15) is 0 Å². The van der Waals surface area contributed by atoms with E-state index in [4.69, 9.17) is 0 Å². The van der Waals surface area contributed by atoms with Crippen LogP contribution in [0, 0.1) is 5.92 Å². The minimum absolute atomic E-state index is 0.504. The maximum Gasteiger partial charge on any atom is 0.0233 e. The minimum atomic E-state index is 0.504. The summed E-state index contributed by atoms with van der Waals surface area (Å²) in [6, 6.07) is 8.34. The van der Waals surface area contributed by atoms with Crippen molar-refractivity contribution in [2.45, 2.75) is 40.5 Å². The van der Waals surface area contributed by atoms with Crippen molar-refractivity contribution >= 4 is 11.8 Å². The molecule has 0 aliphatic rings. The van der Waals surface area contributed by atoms with Gasteiger partial charge in [-0.2, -0.15) is 0 Å². The largest absolute Gasteiger partial charge is 0.117 e. The van der Waals surface area contributed by atoms with Crippen molar-refractivity contribution in [3.8, 4) is 0 Å².